The second kappa shape index (κ2) is 8.46. The number of amides is 2. The van der Waals surface area contributed by atoms with E-state index in [4.69, 9.17) is 5.73 Å². The largest absolute Gasteiger partial charge is 0.366 e. The molecule has 0 bridgehead atoms. The molecule has 0 spiro atoms. The zero-order chi connectivity index (χ0) is 21.0. The number of hydrogen-bond acceptors (Lipinski definition) is 5. The van der Waals surface area contributed by atoms with Gasteiger partial charge in [0.25, 0.3) is 10.0 Å². The molecule has 4 N–H and O–H groups in total. The highest BCUT2D eigenvalue weighted by Crippen LogP contribution is 2.21. The lowest BCUT2D eigenvalue weighted by Crippen LogP contribution is -2.16. The van der Waals surface area contributed by atoms with E-state index < -0.39 is 15.9 Å². The van der Waals surface area contributed by atoms with Crippen LogP contribution < -0.4 is 15.8 Å². The summed E-state index contributed by atoms with van der Waals surface area (Å²) in [5, 5.41) is 4.46. The van der Waals surface area contributed by atoms with Gasteiger partial charge in [0.2, 0.25) is 11.8 Å². The lowest BCUT2D eigenvalue weighted by molar-refractivity contribution is -0.115. The molecule has 0 fully saturated rings. The number of carbonyl (C=O) groups is 2. The molecule has 2 amide bonds. The molecule has 0 aliphatic carbocycles. The van der Waals surface area contributed by atoms with Crippen LogP contribution in [0.25, 0.3) is 0 Å². The number of anilines is 2. The smallest absolute Gasteiger partial charge is 0.271 e. The molecule has 0 atom stereocenters. The van der Waals surface area contributed by atoms with Crippen LogP contribution in [0.2, 0.25) is 0 Å². The second-order valence-corrected chi connectivity index (χ2v) is 9.21. The normalized spacial score (nSPS) is 11.1. The number of thiophene rings is 1. The van der Waals surface area contributed by atoms with E-state index in [1.807, 2.05) is 0 Å². The van der Waals surface area contributed by atoms with Crippen molar-refractivity contribution in [3.8, 4) is 0 Å². The molecular formula is C20H19N3O4S2. The summed E-state index contributed by atoms with van der Waals surface area (Å²) < 4.78 is 27.2. The van der Waals surface area contributed by atoms with Crippen LogP contribution in [-0.2, 0) is 21.2 Å². The molecule has 2 aromatic carbocycles. The quantitative estimate of drug-likeness (QED) is 0.535. The van der Waals surface area contributed by atoms with Crippen LogP contribution in [0.4, 0.5) is 11.4 Å². The number of sulfonamides is 1. The topological polar surface area (TPSA) is 118 Å². The van der Waals surface area contributed by atoms with Gasteiger partial charge in [-0.2, -0.15) is 0 Å². The maximum atomic E-state index is 12.3. The van der Waals surface area contributed by atoms with Gasteiger partial charge in [0, 0.05) is 16.9 Å². The fraction of sp³-hybridized carbons (Fsp3) is 0.100. The van der Waals surface area contributed by atoms with Crippen molar-refractivity contribution in [3.63, 3.8) is 0 Å². The maximum absolute atomic E-state index is 12.3. The average Bonchev–Trinajstić information content (AvgIpc) is 3.18. The Balaban J connectivity index is 1.61. The van der Waals surface area contributed by atoms with Crippen LogP contribution in [0.1, 0.15) is 21.5 Å². The lowest BCUT2D eigenvalue weighted by atomic mass is 10.1. The number of aryl methyl sites for hydroxylation is 1. The van der Waals surface area contributed by atoms with Crippen LogP contribution in [-0.4, -0.2) is 20.2 Å². The van der Waals surface area contributed by atoms with E-state index in [9.17, 15) is 18.0 Å². The summed E-state index contributed by atoms with van der Waals surface area (Å²) >= 11 is 1.14. The third kappa shape index (κ3) is 5.21. The predicted octanol–water partition coefficient (Wildman–Crippen LogP) is 3.14. The van der Waals surface area contributed by atoms with Crippen molar-refractivity contribution in [3.05, 3.63) is 76.7 Å². The molecule has 29 heavy (non-hydrogen) atoms. The monoisotopic (exact) mass is 429 g/mol. The highest BCUT2D eigenvalue weighted by molar-refractivity contribution is 7.94. The molecule has 0 saturated heterocycles. The Hall–Kier alpha value is -3.17. The Morgan fingerprint density at radius 3 is 2.31 bits per heavy atom. The van der Waals surface area contributed by atoms with Crippen molar-refractivity contribution >= 4 is 44.5 Å². The van der Waals surface area contributed by atoms with Gasteiger partial charge in [-0.05, 0) is 59.8 Å². The molecule has 3 rings (SSSR count). The van der Waals surface area contributed by atoms with Crippen molar-refractivity contribution in [1.29, 1.82) is 0 Å². The van der Waals surface area contributed by atoms with Gasteiger partial charge in [-0.25, -0.2) is 8.42 Å². The van der Waals surface area contributed by atoms with Crippen LogP contribution >= 0.6 is 11.3 Å². The van der Waals surface area contributed by atoms with Gasteiger partial charge in [-0.1, -0.05) is 18.2 Å². The Kier molecular flexibility index (Phi) is 6.00. The van der Waals surface area contributed by atoms with E-state index >= 15 is 0 Å². The Morgan fingerprint density at radius 2 is 1.72 bits per heavy atom. The van der Waals surface area contributed by atoms with E-state index in [0.29, 0.717) is 22.5 Å². The molecule has 1 aromatic heterocycles. The van der Waals surface area contributed by atoms with Crippen LogP contribution in [0, 0.1) is 6.92 Å². The first kappa shape index (κ1) is 20.6. The molecule has 0 radical (unpaired) electrons. The molecule has 0 unspecified atom stereocenters. The summed E-state index contributed by atoms with van der Waals surface area (Å²) in [4.78, 5) is 23.5. The SMILES string of the molecule is Cc1cc(NC(=O)Cc2ccc(NS(=O)(=O)c3cccs3)cc2)ccc1C(N)=O. The first-order valence-corrected chi connectivity index (χ1v) is 11.0. The van der Waals surface area contributed by atoms with Crippen molar-refractivity contribution in [2.45, 2.75) is 17.6 Å². The molecule has 9 heteroatoms. The summed E-state index contributed by atoms with van der Waals surface area (Å²) in [7, 11) is -3.60. The Bertz CT molecular complexity index is 1140. The van der Waals surface area contributed by atoms with Crippen molar-refractivity contribution < 1.29 is 18.0 Å². The standard InChI is InChI=1S/C20H19N3O4S2/c1-13-11-16(8-9-17(13)20(21)25)22-18(24)12-14-4-6-15(7-5-14)23-29(26,27)19-3-2-10-28-19/h2-11,23H,12H2,1H3,(H2,21,25)(H,22,24). The van der Waals surface area contributed by atoms with E-state index in [-0.39, 0.29) is 16.5 Å². The summed E-state index contributed by atoms with van der Waals surface area (Å²) in [6.45, 7) is 1.74. The third-order valence-corrected chi connectivity index (χ3v) is 6.89. The number of benzene rings is 2. The highest BCUT2D eigenvalue weighted by atomic mass is 32.2. The fourth-order valence-corrected chi connectivity index (χ4v) is 4.77. The molecule has 3 aromatic rings. The van der Waals surface area contributed by atoms with Crippen LogP contribution in [0.5, 0.6) is 0 Å². The Labute approximate surface area is 172 Å². The molecule has 150 valence electrons. The summed E-state index contributed by atoms with van der Waals surface area (Å²) in [5.74, 6) is -0.752. The first-order valence-electron chi connectivity index (χ1n) is 8.60. The number of primary amides is 1. The van der Waals surface area contributed by atoms with Gasteiger partial charge in [0.1, 0.15) is 4.21 Å². The lowest BCUT2D eigenvalue weighted by Gasteiger charge is -2.09. The minimum atomic E-state index is -3.60. The van der Waals surface area contributed by atoms with Gasteiger partial charge in [-0.15, -0.1) is 11.3 Å². The van der Waals surface area contributed by atoms with Crippen molar-refractivity contribution in [2.75, 3.05) is 10.0 Å². The zero-order valence-electron chi connectivity index (χ0n) is 15.5. The minimum Gasteiger partial charge on any atom is -0.366 e. The first-order chi connectivity index (χ1) is 13.7. The summed E-state index contributed by atoms with van der Waals surface area (Å²) in [5.41, 5.74) is 8.08. The molecular weight excluding hydrogens is 410 g/mol. The van der Waals surface area contributed by atoms with Gasteiger partial charge < -0.3 is 11.1 Å². The van der Waals surface area contributed by atoms with Crippen LogP contribution in [0.3, 0.4) is 0 Å². The number of rotatable bonds is 7. The molecule has 0 aliphatic heterocycles. The summed E-state index contributed by atoms with van der Waals surface area (Å²) in [6, 6.07) is 14.7. The predicted molar refractivity (Wildman–Crippen MR) is 114 cm³/mol. The van der Waals surface area contributed by atoms with Gasteiger partial charge >= 0.3 is 0 Å². The van der Waals surface area contributed by atoms with Gasteiger partial charge in [-0.3, -0.25) is 14.3 Å². The number of carbonyl (C=O) groups excluding carboxylic acids is 2. The van der Waals surface area contributed by atoms with Crippen molar-refractivity contribution in [1.82, 2.24) is 0 Å². The average molecular weight is 430 g/mol. The number of hydrogen-bond donors (Lipinski definition) is 3. The molecule has 0 aliphatic rings. The van der Waals surface area contributed by atoms with E-state index in [1.165, 1.54) is 6.07 Å². The van der Waals surface area contributed by atoms with Gasteiger partial charge in [0.05, 0.1) is 6.42 Å². The summed E-state index contributed by atoms with van der Waals surface area (Å²) in [6.07, 6.45) is 0.120. The zero-order valence-corrected chi connectivity index (χ0v) is 17.1. The van der Waals surface area contributed by atoms with E-state index in [1.54, 1.807) is 60.8 Å². The third-order valence-electron chi connectivity index (χ3n) is 4.11. The number of nitrogens with one attached hydrogen (secondary N) is 2. The van der Waals surface area contributed by atoms with Gasteiger partial charge in [0.15, 0.2) is 0 Å². The maximum Gasteiger partial charge on any atom is 0.271 e. The molecule has 7 nitrogen and oxygen atoms in total. The molecule has 0 saturated carbocycles. The van der Waals surface area contributed by atoms with Crippen LogP contribution in [0.15, 0.2) is 64.2 Å². The second-order valence-electron chi connectivity index (χ2n) is 6.35. The molecule has 1 heterocycles. The van der Waals surface area contributed by atoms with E-state index in [2.05, 4.69) is 10.0 Å². The van der Waals surface area contributed by atoms with E-state index in [0.717, 1.165) is 16.9 Å². The number of nitrogens with two attached hydrogens (primary N) is 1. The minimum absolute atomic E-state index is 0.120. The highest BCUT2D eigenvalue weighted by Gasteiger charge is 2.15. The van der Waals surface area contributed by atoms with Crippen molar-refractivity contribution in [2.24, 2.45) is 5.73 Å². The Morgan fingerprint density at radius 1 is 1.03 bits per heavy atom. The fourth-order valence-electron chi connectivity index (χ4n) is 2.72.